The Bertz CT molecular complexity index is 1890. The van der Waals surface area contributed by atoms with E-state index in [4.69, 9.17) is 20.5 Å². The third-order valence-corrected chi connectivity index (χ3v) is 7.45. The van der Waals surface area contributed by atoms with Crippen LogP contribution in [0.3, 0.4) is 0 Å². The standard InChI is InChI=1S/C28H19ClN6O5S/c29-24-3-1-20(41-24)13-31-25-11-22(33-35(25)28(38)18-7-10-39-15-18)27-21(17-5-8-30-9-6-17)2-4-26(37)34(27)14-23(36)19-12-32-40-16-19/h1-12,15-16,31H,13-14H2. The van der Waals surface area contributed by atoms with Crippen molar-refractivity contribution in [1.29, 1.82) is 0 Å². The number of aromatic nitrogens is 5. The van der Waals surface area contributed by atoms with Gasteiger partial charge >= 0.3 is 0 Å². The number of hydrogen-bond acceptors (Lipinski definition) is 10. The first-order chi connectivity index (χ1) is 20.0. The normalized spacial score (nSPS) is 11.0. The lowest BCUT2D eigenvalue weighted by atomic mass is 10.0. The molecule has 0 fully saturated rings. The maximum atomic E-state index is 13.5. The fraction of sp³-hybridized carbons (Fsp3) is 0.0714. The average Bonchev–Trinajstić information content (AvgIpc) is 3.81. The van der Waals surface area contributed by atoms with Crippen molar-refractivity contribution in [1.82, 2.24) is 24.5 Å². The van der Waals surface area contributed by atoms with Crippen LogP contribution in [0.2, 0.25) is 4.34 Å². The van der Waals surface area contributed by atoms with Crippen LogP contribution in [0.4, 0.5) is 5.82 Å². The van der Waals surface area contributed by atoms with E-state index >= 15 is 0 Å². The number of hydrogen-bond donors (Lipinski definition) is 1. The Kier molecular flexibility index (Phi) is 7.15. The molecule has 11 nitrogen and oxygen atoms in total. The van der Waals surface area contributed by atoms with E-state index in [2.05, 4.69) is 20.6 Å². The molecule has 6 aromatic heterocycles. The highest BCUT2D eigenvalue weighted by molar-refractivity contribution is 7.16. The Balaban J connectivity index is 1.51. The number of ketones is 1. The molecule has 13 heteroatoms. The molecule has 0 aliphatic rings. The summed E-state index contributed by atoms with van der Waals surface area (Å²) < 4.78 is 13.1. The first kappa shape index (κ1) is 26.2. The van der Waals surface area contributed by atoms with Gasteiger partial charge in [0.2, 0.25) is 0 Å². The molecule has 0 bridgehead atoms. The number of carbonyl (C=O) groups is 2. The molecule has 0 saturated carbocycles. The number of pyridine rings is 2. The van der Waals surface area contributed by atoms with E-state index in [0.29, 0.717) is 28.0 Å². The Morgan fingerprint density at radius 2 is 1.88 bits per heavy atom. The van der Waals surface area contributed by atoms with Crippen molar-refractivity contribution in [3.8, 4) is 22.5 Å². The first-order valence-electron chi connectivity index (χ1n) is 12.2. The van der Waals surface area contributed by atoms with E-state index in [1.165, 1.54) is 57.7 Å². The summed E-state index contributed by atoms with van der Waals surface area (Å²) in [5.74, 6) is -0.472. The molecule has 6 rings (SSSR count). The maximum absolute atomic E-state index is 13.5. The Hall–Kier alpha value is -5.07. The van der Waals surface area contributed by atoms with E-state index < -0.39 is 11.5 Å². The summed E-state index contributed by atoms with van der Waals surface area (Å²) in [6, 6.07) is 13.5. The predicted molar refractivity (Wildman–Crippen MR) is 151 cm³/mol. The Morgan fingerprint density at radius 3 is 2.59 bits per heavy atom. The van der Waals surface area contributed by atoms with Gasteiger partial charge in [-0.3, -0.25) is 23.9 Å². The van der Waals surface area contributed by atoms with E-state index in [1.54, 1.807) is 42.7 Å². The molecule has 0 spiro atoms. The lowest BCUT2D eigenvalue weighted by Crippen LogP contribution is -2.26. The summed E-state index contributed by atoms with van der Waals surface area (Å²) in [5.41, 5.74) is 2.05. The molecule has 6 heterocycles. The molecule has 0 aliphatic heterocycles. The number of nitrogens with zero attached hydrogens (tertiary/aromatic N) is 5. The van der Waals surface area contributed by atoms with Crippen LogP contribution in [0.1, 0.15) is 25.6 Å². The van der Waals surface area contributed by atoms with Crippen molar-refractivity contribution >= 4 is 40.4 Å². The molecule has 0 saturated heterocycles. The molecule has 1 N–H and O–H groups in total. The summed E-state index contributed by atoms with van der Waals surface area (Å²) >= 11 is 7.50. The lowest BCUT2D eigenvalue weighted by Gasteiger charge is -2.15. The zero-order valence-corrected chi connectivity index (χ0v) is 22.6. The SMILES string of the molecule is O=C(Cn1c(-c2cc(NCc3ccc(Cl)s3)n(C(=O)c3ccoc3)n2)c(-c2ccncc2)ccc1=O)c1cnoc1. The molecule has 0 aliphatic carbocycles. The molecule has 0 unspecified atom stereocenters. The lowest BCUT2D eigenvalue weighted by molar-refractivity contribution is 0.0944. The van der Waals surface area contributed by atoms with Crippen LogP contribution in [0.5, 0.6) is 0 Å². The highest BCUT2D eigenvalue weighted by Crippen LogP contribution is 2.33. The number of nitrogens with one attached hydrogen (secondary N) is 1. The largest absolute Gasteiger partial charge is 0.472 e. The van der Waals surface area contributed by atoms with E-state index in [0.717, 1.165) is 10.4 Å². The highest BCUT2D eigenvalue weighted by atomic mass is 35.5. The van der Waals surface area contributed by atoms with Gasteiger partial charge in [-0.25, -0.2) is 0 Å². The molecular weight excluding hydrogens is 568 g/mol. The number of halogens is 1. The third-order valence-electron chi connectivity index (χ3n) is 6.22. The van der Waals surface area contributed by atoms with Crippen LogP contribution in [0.15, 0.2) is 99.6 Å². The summed E-state index contributed by atoms with van der Waals surface area (Å²) in [7, 11) is 0. The minimum atomic E-state index is -0.451. The summed E-state index contributed by atoms with van der Waals surface area (Å²) in [5, 5.41) is 11.5. The minimum Gasteiger partial charge on any atom is -0.472 e. The van der Waals surface area contributed by atoms with Crippen molar-refractivity contribution in [3.63, 3.8) is 0 Å². The second-order valence-electron chi connectivity index (χ2n) is 8.80. The predicted octanol–water partition coefficient (Wildman–Crippen LogP) is 5.25. The average molecular weight is 587 g/mol. The van der Waals surface area contributed by atoms with Gasteiger partial charge in [0.15, 0.2) is 5.78 Å². The van der Waals surface area contributed by atoms with E-state index in [1.807, 2.05) is 6.07 Å². The monoisotopic (exact) mass is 586 g/mol. The van der Waals surface area contributed by atoms with Crippen molar-refractivity contribution in [2.24, 2.45) is 0 Å². The molecule has 204 valence electrons. The first-order valence-corrected chi connectivity index (χ1v) is 13.4. The van der Waals surface area contributed by atoms with Crippen molar-refractivity contribution in [2.75, 3.05) is 5.32 Å². The fourth-order valence-electron chi connectivity index (χ4n) is 4.26. The van der Waals surface area contributed by atoms with Crippen molar-refractivity contribution in [3.05, 3.63) is 117 Å². The van der Waals surface area contributed by atoms with Crippen molar-refractivity contribution < 1.29 is 18.5 Å². The van der Waals surface area contributed by atoms with Crippen LogP contribution in [0.25, 0.3) is 22.5 Å². The summed E-state index contributed by atoms with van der Waals surface area (Å²) in [6.07, 6.45) is 8.47. The van der Waals surface area contributed by atoms with Crippen LogP contribution in [0, 0.1) is 0 Å². The van der Waals surface area contributed by atoms with Gasteiger partial charge in [0.25, 0.3) is 11.5 Å². The zero-order chi connectivity index (χ0) is 28.3. The fourth-order valence-corrected chi connectivity index (χ4v) is 5.29. The third kappa shape index (κ3) is 5.38. The van der Waals surface area contributed by atoms with Crippen LogP contribution in [-0.4, -0.2) is 36.2 Å². The van der Waals surface area contributed by atoms with Gasteiger partial charge in [0, 0.05) is 35.0 Å². The minimum absolute atomic E-state index is 0.217. The Morgan fingerprint density at radius 1 is 1.02 bits per heavy atom. The number of Topliss-reactive ketones (excluding diaryl/α,β-unsaturated/α-hetero) is 1. The molecule has 0 aromatic carbocycles. The number of rotatable bonds is 9. The molecule has 0 amide bonds. The maximum Gasteiger partial charge on any atom is 0.283 e. The van der Waals surface area contributed by atoms with Gasteiger partial charge in [0.05, 0.1) is 46.7 Å². The second kappa shape index (κ2) is 11.2. The molecule has 0 atom stereocenters. The molecule has 41 heavy (non-hydrogen) atoms. The highest BCUT2D eigenvalue weighted by Gasteiger charge is 2.24. The van der Waals surface area contributed by atoms with Crippen LogP contribution < -0.4 is 10.9 Å². The van der Waals surface area contributed by atoms with Gasteiger partial charge in [-0.05, 0) is 42.0 Å². The number of furan rings is 1. The summed E-state index contributed by atoms with van der Waals surface area (Å²) in [4.78, 5) is 44.8. The zero-order valence-electron chi connectivity index (χ0n) is 21.1. The quantitative estimate of drug-likeness (QED) is 0.225. The Labute approximate surface area is 240 Å². The smallest absolute Gasteiger partial charge is 0.283 e. The second-order valence-corrected chi connectivity index (χ2v) is 10.6. The van der Waals surface area contributed by atoms with Crippen LogP contribution >= 0.6 is 22.9 Å². The topological polar surface area (TPSA) is 138 Å². The van der Waals surface area contributed by atoms with Crippen LogP contribution in [-0.2, 0) is 13.1 Å². The van der Waals surface area contributed by atoms with Gasteiger partial charge < -0.3 is 14.3 Å². The van der Waals surface area contributed by atoms with Gasteiger partial charge in [-0.1, -0.05) is 16.8 Å². The number of anilines is 1. The van der Waals surface area contributed by atoms with Crippen molar-refractivity contribution in [2.45, 2.75) is 13.1 Å². The summed E-state index contributed by atoms with van der Waals surface area (Å²) in [6.45, 7) is 0.0548. The van der Waals surface area contributed by atoms with Gasteiger partial charge in [-0.2, -0.15) is 9.78 Å². The van der Waals surface area contributed by atoms with E-state index in [-0.39, 0.29) is 29.1 Å². The number of thiophene rings is 1. The molecule has 6 aromatic rings. The molecule has 0 radical (unpaired) electrons. The number of carbonyl (C=O) groups excluding carboxylic acids is 2. The van der Waals surface area contributed by atoms with Gasteiger partial charge in [0.1, 0.15) is 24.0 Å². The van der Waals surface area contributed by atoms with E-state index in [9.17, 15) is 14.4 Å². The molecular formula is C28H19ClN6O5S. The van der Waals surface area contributed by atoms with Gasteiger partial charge in [-0.15, -0.1) is 11.3 Å².